The van der Waals surface area contributed by atoms with Gasteiger partial charge >= 0.3 is 0 Å². The first-order valence-electron chi connectivity index (χ1n) is 6.41. The predicted octanol–water partition coefficient (Wildman–Crippen LogP) is 1.97. The third kappa shape index (κ3) is 3.48. The molecule has 1 N–H and O–H groups in total. The maximum atomic E-state index is 10.1. The summed E-state index contributed by atoms with van der Waals surface area (Å²) in [6, 6.07) is 8.72. The van der Waals surface area contributed by atoms with E-state index in [1.165, 1.54) is 43.6 Å². The Kier molecular flexibility index (Phi) is 4.42. The van der Waals surface area contributed by atoms with E-state index in [-0.39, 0.29) is 0 Å². The molecule has 1 heterocycles. The van der Waals surface area contributed by atoms with E-state index in [4.69, 9.17) is 0 Å². The summed E-state index contributed by atoms with van der Waals surface area (Å²) in [6.45, 7) is 3.09. The number of hydrogen-bond donors (Lipinski definition) is 1. The summed E-state index contributed by atoms with van der Waals surface area (Å²) in [5, 5.41) is 2.68. The molecule has 1 fully saturated rings. The van der Waals surface area contributed by atoms with Crippen molar-refractivity contribution in [3.8, 4) is 0 Å². The van der Waals surface area contributed by atoms with Gasteiger partial charge in [0.25, 0.3) is 0 Å². The number of nitrogens with one attached hydrogen (secondary N) is 1. The molecule has 0 atom stereocenters. The molecule has 3 nitrogen and oxygen atoms in total. The van der Waals surface area contributed by atoms with Crippen molar-refractivity contribution >= 4 is 12.1 Å². The van der Waals surface area contributed by atoms with E-state index < -0.39 is 0 Å². The van der Waals surface area contributed by atoms with E-state index in [2.05, 4.69) is 34.5 Å². The van der Waals surface area contributed by atoms with Crippen molar-refractivity contribution < 1.29 is 4.79 Å². The SMILES string of the molecule is O=CNCCc1ccc(N2CCCCC2)cc1. The highest BCUT2D eigenvalue weighted by Gasteiger charge is 2.10. The van der Waals surface area contributed by atoms with Crippen molar-refractivity contribution in [1.29, 1.82) is 0 Å². The largest absolute Gasteiger partial charge is 0.372 e. The molecule has 0 radical (unpaired) electrons. The molecule has 1 aromatic carbocycles. The van der Waals surface area contributed by atoms with Gasteiger partial charge in [0.1, 0.15) is 0 Å². The minimum Gasteiger partial charge on any atom is -0.372 e. The molecule has 17 heavy (non-hydrogen) atoms. The molecule has 0 bridgehead atoms. The van der Waals surface area contributed by atoms with Gasteiger partial charge in [-0.3, -0.25) is 4.79 Å². The number of carbonyl (C=O) groups excluding carboxylic acids is 1. The minimum atomic E-state index is 0.715. The van der Waals surface area contributed by atoms with Crippen molar-refractivity contribution in [1.82, 2.24) is 5.32 Å². The number of benzene rings is 1. The van der Waals surface area contributed by atoms with Gasteiger partial charge in [-0.15, -0.1) is 0 Å². The Labute approximate surface area is 103 Å². The van der Waals surface area contributed by atoms with Crippen LogP contribution in [0.3, 0.4) is 0 Å². The molecule has 3 heteroatoms. The van der Waals surface area contributed by atoms with Gasteiger partial charge in [0.05, 0.1) is 0 Å². The van der Waals surface area contributed by atoms with Gasteiger partial charge in [0.2, 0.25) is 6.41 Å². The van der Waals surface area contributed by atoms with Crippen LogP contribution in [0.4, 0.5) is 5.69 Å². The van der Waals surface area contributed by atoms with Gasteiger partial charge in [-0.1, -0.05) is 12.1 Å². The Hall–Kier alpha value is -1.51. The highest BCUT2D eigenvalue weighted by Crippen LogP contribution is 2.20. The maximum absolute atomic E-state index is 10.1. The third-order valence-electron chi connectivity index (χ3n) is 3.30. The van der Waals surface area contributed by atoms with E-state index in [0.29, 0.717) is 6.54 Å². The van der Waals surface area contributed by atoms with E-state index in [0.717, 1.165) is 12.8 Å². The molecule has 92 valence electrons. The molecule has 0 saturated carbocycles. The Morgan fingerprint density at radius 2 is 1.82 bits per heavy atom. The highest BCUT2D eigenvalue weighted by atomic mass is 16.1. The van der Waals surface area contributed by atoms with E-state index in [1.54, 1.807) is 0 Å². The van der Waals surface area contributed by atoms with Crippen LogP contribution in [0.2, 0.25) is 0 Å². The number of rotatable bonds is 5. The fourth-order valence-corrected chi connectivity index (χ4v) is 2.30. The Balaban J connectivity index is 1.90. The van der Waals surface area contributed by atoms with Gasteiger partial charge < -0.3 is 10.2 Å². The van der Waals surface area contributed by atoms with Crippen LogP contribution in [0.25, 0.3) is 0 Å². The standard InChI is InChI=1S/C14H20N2O/c17-12-15-9-8-13-4-6-14(7-5-13)16-10-2-1-3-11-16/h4-7,12H,1-3,8-11H2,(H,15,17). The van der Waals surface area contributed by atoms with E-state index in [1.807, 2.05) is 0 Å². The van der Waals surface area contributed by atoms with Crippen molar-refractivity contribution in [2.24, 2.45) is 0 Å². The molecular weight excluding hydrogens is 212 g/mol. The van der Waals surface area contributed by atoms with Crippen molar-refractivity contribution in [3.63, 3.8) is 0 Å². The summed E-state index contributed by atoms with van der Waals surface area (Å²) in [4.78, 5) is 12.6. The van der Waals surface area contributed by atoms with Crippen molar-refractivity contribution in [2.75, 3.05) is 24.5 Å². The quantitative estimate of drug-likeness (QED) is 0.622. The van der Waals surface area contributed by atoms with Crippen LogP contribution in [0, 0.1) is 0 Å². The fraction of sp³-hybridized carbons (Fsp3) is 0.500. The average Bonchev–Trinajstić information content (AvgIpc) is 2.41. The number of hydrogen-bond acceptors (Lipinski definition) is 2. The summed E-state index contributed by atoms with van der Waals surface area (Å²) < 4.78 is 0. The first-order valence-corrected chi connectivity index (χ1v) is 6.41. The van der Waals surface area contributed by atoms with Crippen LogP contribution in [0.15, 0.2) is 24.3 Å². The van der Waals surface area contributed by atoms with Gasteiger partial charge in [0, 0.05) is 25.3 Å². The number of piperidine rings is 1. The molecule has 1 saturated heterocycles. The molecule has 1 amide bonds. The lowest BCUT2D eigenvalue weighted by Crippen LogP contribution is -2.29. The molecule has 0 unspecified atom stereocenters. The normalized spacial score (nSPS) is 15.6. The van der Waals surface area contributed by atoms with Crippen LogP contribution < -0.4 is 10.2 Å². The van der Waals surface area contributed by atoms with E-state index >= 15 is 0 Å². The average molecular weight is 232 g/mol. The molecular formula is C14H20N2O. The zero-order valence-corrected chi connectivity index (χ0v) is 10.2. The summed E-state index contributed by atoms with van der Waals surface area (Å²) in [6.07, 6.45) is 5.64. The van der Waals surface area contributed by atoms with Crippen LogP contribution in [0.1, 0.15) is 24.8 Å². The van der Waals surface area contributed by atoms with Crippen LogP contribution in [-0.2, 0) is 11.2 Å². The summed E-state index contributed by atoms with van der Waals surface area (Å²) in [7, 11) is 0. The van der Waals surface area contributed by atoms with Crippen molar-refractivity contribution in [2.45, 2.75) is 25.7 Å². The minimum absolute atomic E-state index is 0.715. The molecule has 1 aliphatic rings. The molecule has 0 aliphatic carbocycles. The van der Waals surface area contributed by atoms with Crippen LogP contribution in [-0.4, -0.2) is 26.0 Å². The van der Waals surface area contributed by atoms with Crippen molar-refractivity contribution in [3.05, 3.63) is 29.8 Å². The van der Waals surface area contributed by atoms with Gasteiger partial charge in [-0.25, -0.2) is 0 Å². The van der Waals surface area contributed by atoms with Crippen LogP contribution >= 0.6 is 0 Å². The molecule has 1 aliphatic heterocycles. The fourth-order valence-electron chi connectivity index (χ4n) is 2.30. The molecule has 0 aromatic heterocycles. The second-order valence-electron chi connectivity index (χ2n) is 4.54. The second-order valence-corrected chi connectivity index (χ2v) is 4.54. The lowest BCUT2D eigenvalue weighted by atomic mass is 10.1. The number of anilines is 1. The van der Waals surface area contributed by atoms with Gasteiger partial charge in [-0.05, 0) is 43.4 Å². The highest BCUT2D eigenvalue weighted by molar-refractivity contribution is 5.48. The Morgan fingerprint density at radius 3 is 2.47 bits per heavy atom. The monoisotopic (exact) mass is 232 g/mol. The zero-order chi connectivity index (χ0) is 11.9. The second kappa shape index (κ2) is 6.28. The lowest BCUT2D eigenvalue weighted by molar-refractivity contribution is -0.109. The molecule has 0 spiro atoms. The summed E-state index contributed by atoms with van der Waals surface area (Å²) >= 11 is 0. The topological polar surface area (TPSA) is 32.3 Å². The van der Waals surface area contributed by atoms with Crippen LogP contribution in [0.5, 0.6) is 0 Å². The molecule has 2 rings (SSSR count). The summed E-state index contributed by atoms with van der Waals surface area (Å²) in [5.74, 6) is 0. The Morgan fingerprint density at radius 1 is 1.12 bits per heavy atom. The van der Waals surface area contributed by atoms with Gasteiger partial charge in [-0.2, -0.15) is 0 Å². The maximum Gasteiger partial charge on any atom is 0.207 e. The predicted molar refractivity (Wildman–Crippen MR) is 70.3 cm³/mol. The smallest absolute Gasteiger partial charge is 0.207 e. The van der Waals surface area contributed by atoms with Gasteiger partial charge in [0.15, 0.2) is 0 Å². The lowest BCUT2D eigenvalue weighted by Gasteiger charge is -2.28. The molecule has 1 aromatic rings. The third-order valence-corrected chi connectivity index (χ3v) is 3.30. The first kappa shape index (κ1) is 12.0. The zero-order valence-electron chi connectivity index (χ0n) is 10.2. The van der Waals surface area contributed by atoms with E-state index in [9.17, 15) is 4.79 Å². The summed E-state index contributed by atoms with van der Waals surface area (Å²) in [5.41, 5.74) is 2.61. The number of amides is 1. The number of nitrogens with zero attached hydrogens (tertiary/aromatic N) is 1. The first-order chi connectivity index (χ1) is 8.40. The number of carbonyl (C=O) groups is 1. The Bertz CT molecular complexity index is 342.